The van der Waals surface area contributed by atoms with Crippen molar-refractivity contribution in [3.63, 3.8) is 0 Å². The normalized spacial score (nSPS) is 12.4. The van der Waals surface area contributed by atoms with Crippen LogP contribution in [0.3, 0.4) is 0 Å². The molecule has 3 nitrogen and oxygen atoms in total. The number of rotatable bonds is 10. The van der Waals surface area contributed by atoms with Crippen molar-refractivity contribution in [1.82, 2.24) is 5.32 Å². The Balaban J connectivity index is 2.67. The third-order valence-corrected chi connectivity index (χ3v) is 4.63. The van der Waals surface area contributed by atoms with E-state index in [2.05, 4.69) is 55.6 Å². The molecule has 0 aliphatic carbocycles. The van der Waals surface area contributed by atoms with Gasteiger partial charge in [0.05, 0.1) is 6.61 Å². The van der Waals surface area contributed by atoms with Crippen molar-refractivity contribution in [3.8, 4) is 0 Å². The van der Waals surface area contributed by atoms with Crippen LogP contribution in [-0.2, 0) is 11.3 Å². The first-order valence-corrected chi connectivity index (χ1v) is 9.04. The highest BCUT2D eigenvalue weighted by Crippen LogP contribution is 2.22. The molecule has 0 bridgehead atoms. The first-order valence-electron chi connectivity index (χ1n) is 7.65. The number of benzene rings is 1. The summed E-state index contributed by atoms with van der Waals surface area (Å²) in [6.45, 7) is 7.01. The molecule has 1 aromatic carbocycles. The monoisotopic (exact) mass is 310 g/mol. The van der Waals surface area contributed by atoms with Gasteiger partial charge in [-0.3, -0.25) is 0 Å². The third kappa shape index (κ3) is 5.89. The van der Waals surface area contributed by atoms with Crippen molar-refractivity contribution >= 4 is 17.4 Å². The SMILES string of the molecule is CCC(CSC)N(C)c1ccc(CNCCOC)c(C)c1. The highest BCUT2D eigenvalue weighted by atomic mass is 32.2. The maximum absolute atomic E-state index is 5.05. The molecule has 0 aliphatic rings. The fourth-order valence-electron chi connectivity index (χ4n) is 2.40. The summed E-state index contributed by atoms with van der Waals surface area (Å²) in [7, 11) is 3.94. The highest BCUT2D eigenvalue weighted by Gasteiger charge is 2.13. The van der Waals surface area contributed by atoms with E-state index in [0.29, 0.717) is 6.04 Å². The minimum atomic E-state index is 0.602. The zero-order valence-corrected chi connectivity index (χ0v) is 14.9. The van der Waals surface area contributed by atoms with E-state index in [9.17, 15) is 0 Å². The first kappa shape index (κ1) is 18.3. The predicted octanol–water partition coefficient (Wildman–Crippen LogP) is 3.31. The largest absolute Gasteiger partial charge is 0.383 e. The molecule has 0 saturated heterocycles. The van der Waals surface area contributed by atoms with Gasteiger partial charge in [-0.25, -0.2) is 0 Å². The van der Waals surface area contributed by atoms with Crippen LogP contribution in [0.2, 0.25) is 0 Å². The summed E-state index contributed by atoms with van der Waals surface area (Å²) in [6.07, 6.45) is 3.35. The smallest absolute Gasteiger partial charge is 0.0587 e. The number of hydrogen-bond acceptors (Lipinski definition) is 4. The van der Waals surface area contributed by atoms with E-state index in [1.54, 1.807) is 7.11 Å². The molecular formula is C17H30N2OS. The van der Waals surface area contributed by atoms with Gasteiger partial charge in [0.15, 0.2) is 0 Å². The summed E-state index contributed by atoms with van der Waals surface area (Å²) in [4.78, 5) is 2.41. The molecule has 1 aromatic rings. The Morgan fingerprint density at radius 2 is 2.14 bits per heavy atom. The number of nitrogens with zero attached hydrogens (tertiary/aromatic N) is 1. The van der Waals surface area contributed by atoms with Crippen molar-refractivity contribution in [2.75, 3.05) is 44.2 Å². The van der Waals surface area contributed by atoms with Crippen molar-refractivity contribution in [2.24, 2.45) is 0 Å². The number of thioether (sulfide) groups is 1. The highest BCUT2D eigenvalue weighted by molar-refractivity contribution is 7.98. The molecule has 1 rings (SSSR count). The second-order valence-electron chi connectivity index (χ2n) is 5.41. The van der Waals surface area contributed by atoms with Gasteiger partial charge in [0.1, 0.15) is 0 Å². The van der Waals surface area contributed by atoms with E-state index in [1.807, 2.05) is 11.8 Å². The maximum atomic E-state index is 5.05. The van der Waals surface area contributed by atoms with Crippen molar-refractivity contribution < 1.29 is 4.74 Å². The molecule has 1 unspecified atom stereocenters. The standard InChI is InChI=1S/C17H30N2OS/c1-6-16(13-21-5)19(3)17-8-7-15(14(2)11-17)12-18-9-10-20-4/h7-8,11,16,18H,6,9-10,12-13H2,1-5H3. The predicted molar refractivity (Wildman–Crippen MR) is 95.6 cm³/mol. The van der Waals surface area contributed by atoms with Gasteiger partial charge in [0, 0.05) is 44.7 Å². The number of nitrogens with one attached hydrogen (secondary N) is 1. The van der Waals surface area contributed by atoms with E-state index >= 15 is 0 Å². The molecule has 1 atom stereocenters. The first-order chi connectivity index (χ1) is 10.1. The molecule has 0 heterocycles. The van der Waals surface area contributed by atoms with E-state index in [-0.39, 0.29) is 0 Å². The van der Waals surface area contributed by atoms with Crippen LogP contribution in [0.25, 0.3) is 0 Å². The van der Waals surface area contributed by atoms with Crippen molar-refractivity contribution in [1.29, 1.82) is 0 Å². The van der Waals surface area contributed by atoms with Gasteiger partial charge < -0.3 is 15.0 Å². The van der Waals surface area contributed by atoms with Gasteiger partial charge in [-0.1, -0.05) is 13.0 Å². The van der Waals surface area contributed by atoms with Crippen LogP contribution in [0, 0.1) is 6.92 Å². The summed E-state index contributed by atoms with van der Waals surface area (Å²) >= 11 is 1.92. The van der Waals surface area contributed by atoms with Gasteiger partial charge in [0.25, 0.3) is 0 Å². The number of methoxy groups -OCH3 is 1. The van der Waals surface area contributed by atoms with E-state index in [1.165, 1.54) is 29.0 Å². The van der Waals surface area contributed by atoms with Gasteiger partial charge in [-0.15, -0.1) is 0 Å². The Morgan fingerprint density at radius 3 is 2.71 bits per heavy atom. The van der Waals surface area contributed by atoms with Crippen molar-refractivity contribution in [3.05, 3.63) is 29.3 Å². The van der Waals surface area contributed by atoms with Crippen LogP contribution in [0.15, 0.2) is 18.2 Å². The third-order valence-electron chi connectivity index (χ3n) is 3.91. The van der Waals surface area contributed by atoms with Crippen molar-refractivity contribution in [2.45, 2.75) is 32.9 Å². The van der Waals surface area contributed by atoms with E-state index < -0.39 is 0 Å². The molecule has 4 heteroatoms. The Morgan fingerprint density at radius 1 is 1.38 bits per heavy atom. The maximum Gasteiger partial charge on any atom is 0.0587 e. The summed E-state index contributed by atoms with van der Waals surface area (Å²) in [5.74, 6) is 1.17. The molecule has 1 N–H and O–H groups in total. The molecular weight excluding hydrogens is 280 g/mol. The van der Waals surface area contributed by atoms with Gasteiger partial charge >= 0.3 is 0 Å². The van der Waals surface area contributed by atoms with Gasteiger partial charge in [0.2, 0.25) is 0 Å². The lowest BCUT2D eigenvalue weighted by Crippen LogP contribution is -2.33. The molecule has 0 radical (unpaired) electrons. The Labute approximate surface area is 134 Å². The lowest BCUT2D eigenvalue weighted by Gasteiger charge is -2.29. The topological polar surface area (TPSA) is 24.5 Å². The second kappa shape index (κ2) is 10.1. The quantitative estimate of drug-likeness (QED) is 0.670. The Kier molecular flexibility index (Phi) is 8.81. The lowest BCUT2D eigenvalue weighted by molar-refractivity contribution is 0.199. The minimum Gasteiger partial charge on any atom is -0.383 e. The van der Waals surface area contributed by atoms with Crippen LogP contribution in [-0.4, -0.2) is 45.4 Å². The van der Waals surface area contributed by atoms with E-state index in [0.717, 1.165) is 19.7 Å². The van der Waals surface area contributed by atoms with Crippen LogP contribution < -0.4 is 10.2 Å². The summed E-state index contributed by atoms with van der Waals surface area (Å²) in [5, 5.41) is 3.40. The molecule has 0 amide bonds. The van der Waals surface area contributed by atoms with Crippen LogP contribution in [0.5, 0.6) is 0 Å². The Hall–Kier alpha value is -0.710. The second-order valence-corrected chi connectivity index (χ2v) is 6.32. The number of ether oxygens (including phenoxy) is 1. The molecule has 0 aliphatic heterocycles. The number of aryl methyl sites for hydroxylation is 1. The molecule has 0 saturated carbocycles. The average Bonchev–Trinajstić information content (AvgIpc) is 2.49. The summed E-state index contributed by atoms with van der Waals surface area (Å²) < 4.78 is 5.05. The van der Waals surface area contributed by atoms with Crippen LogP contribution in [0.4, 0.5) is 5.69 Å². The average molecular weight is 311 g/mol. The summed E-state index contributed by atoms with van der Waals surface area (Å²) in [5.41, 5.74) is 4.03. The molecule has 0 fully saturated rings. The molecule has 0 spiro atoms. The van der Waals surface area contributed by atoms with E-state index in [4.69, 9.17) is 4.74 Å². The lowest BCUT2D eigenvalue weighted by atomic mass is 10.1. The zero-order valence-electron chi connectivity index (χ0n) is 14.1. The zero-order chi connectivity index (χ0) is 15.7. The summed E-state index contributed by atoms with van der Waals surface area (Å²) in [6, 6.07) is 7.39. The minimum absolute atomic E-state index is 0.602. The molecule has 120 valence electrons. The molecule has 21 heavy (non-hydrogen) atoms. The fraction of sp³-hybridized carbons (Fsp3) is 0.647. The van der Waals surface area contributed by atoms with Crippen LogP contribution in [0.1, 0.15) is 24.5 Å². The van der Waals surface area contributed by atoms with Crippen LogP contribution >= 0.6 is 11.8 Å². The Bertz CT molecular complexity index is 412. The number of anilines is 1. The number of hydrogen-bond donors (Lipinski definition) is 1. The molecule has 0 aromatic heterocycles. The van der Waals surface area contributed by atoms with Gasteiger partial charge in [-0.2, -0.15) is 11.8 Å². The fourth-order valence-corrected chi connectivity index (χ4v) is 3.25. The van der Waals surface area contributed by atoms with Gasteiger partial charge in [-0.05, 0) is 42.9 Å².